The van der Waals surface area contributed by atoms with Crippen LogP contribution in [0.1, 0.15) is 55.5 Å². The van der Waals surface area contributed by atoms with Crippen molar-refractivity contribution in [2.24, 2.45) is 5.41 Å². The topological polar surface area (TPSA) is 50.1 Å². The van der Waals surface area contributed by atoms with Crippen molar-refractivity contribution < 1.29 is 9.53 Å². The number of ketones is 1. The Balaban J connectivity index is 1.82. The van der Waals surface area contributed by atoms with E-state index in [9.17, 15) is 4.79 Å². The van der Waals surface area contributed by atoms with Gasteiger partial charge in [-0.3, -0.25) is 4.79 Å². The number of nitrogens with zero attached hydrogens (tertiary/aromatic N) is 1. The summed E-state index contributed by atoms with van der Waals surface area (Å²) in [6, 6.07) is 8.75. The minimum Gasteiger partial charge on any atom is -0.370 e. The van der Waals surface area contributed by atoms with Crippen molar-refractivity contribution in [2.45, 2.75) is 45.6 Å². The van der Waals surface area contributed by atoms with Crippen molar-refractivity contribution in [1.29, 1.82) is 5.26 Å². The zero-order chi connectivity index (χ0) is 14.6. The first-order chi connectivity index (χ1) is 9.50. The Labute approximate surface area is 120 Å². The maximum atomic E-state index is 12.0. The Kier molecular flexibility index (Phi) is 4.57. The van der Waals surface area contributed by atoms with Crippen LogP contribution in [0.15, 0.2) is 24.3 Å². The summed E-state index contributed by atoms with van der Waals surface area (Å²) >= 11 is 0. The third-order valence-electron chi connectivity index (χ3n) is 4.07. The molecule has 0 aliphatic heterocycles. The quantitative estimate of drug-likeness (QED) is 0.784. The molecule has 0 spiro atoms. The molecule has 0 heterocycles. The van der Waals surface area contributed by atoms with Crippen LogP contribution in [0.2, 0.25) is 0 Å². The molecule has 20 heavy (non-hydrogen) atoms. The molecule has 1 fully saturated rings. The monoisotopic (exact) mass is 271 g/mol. The van der Waals surface area contributed by atoms with Crippen LogP contribution in [-0.4, -0.2) is 18.5 Å². The van der Waals surface area contributed by atoms with Gasteiger partial charge in [-0.2, -0.15) is 5.26 Å². The van der Waals surface area contributed by atoms with Crippen LogP contribution < -0.4 is 0 Å². The highest BCUT2D eigenvalue weighted by Gasteiger charge is 2.27. The van der Waals surface area contributed by atoms with Crippen LogP contribution in [0.5, 0.6) is 0 Å². The van der Waals surface area contributed by atoms with E-state index >= 15 is 0 Å². The van der Waals surface area contributed by atoms with Gasteiger partial charge in [0.05, 0.1) is 17.7 Å². The van der Waals surface area contributed by atoms with Gasteiger partial charge in [0.1, 0.15) is 6.61 Å². The van der Waals surface area contributed by atoms with Crippen molar-refractivity contribution >= 4 is 5.78 Å². The summed E-state index contributed by atoms with van der Waals surface area (Å²) in [5, 5.41) is 8.72. The van der Waals surface area contributed by atoms with E-state index in [1.165, 1.54) is 0 Å². The molecule has 1 aliphatic carbocycles. The summed E-state index contributed by atoms with van der Waals surface area (Å²) < 4.78 is 5.73. The summed E-state index contributed by atoms with van der Waals surface area (Å²) in [6.07, 6.45) is 4.59. The molecule has 0 bridgehead atoms. The molecule has 0 N–H and O–H groups in total. The number of carbonyl (C=O) groups excluding carboxylic acids is 1. The summed E-state index contributed by atoms with van der Waals surface area (Å²) in [5.41, 5.74) is 1.59. The normalized spacial score (nSPS) is 18.4. The predicted octanol–water partition coefficient (Wildman–Crippen LogP) is 3.73. The van der Waals surface area contributed by atoms with Crippen molar-refractivity contribution in [2.75, 3.05) is 6.61 Å². The standard InChI is InChI=1S/C17H21NO2/c1-17(2)9-7-15(8-10-17)20-12-16(19)14-5-3-13(11-18)4-6-14/h3-6,15H,7-10,12H2,1-2H3. The van der Waals surface area contributed by atoms with Gasteiger partial charge in [-0.15, -0.1) is 0 Å². The molecule has 3 heteroatoms. The van der Waals surface area contributed by atoms with Gasteiger partial charge in [-0.25, -0.2) is 0 Å². The lowest BCUT2D eigenvalue weighted by Gasteiger charge is -2.34. The van der Waals surface area contributed by atoms with E-state index in [0.29, 0.717) is 16.5 Å². The van der Waals surface area contributed by atoms with Gasteiger partial charge in [-0.05, 0) is 43.2 Å². The summed E-state index contributed by atoms with van der Waals surface area (Å²) in [4.78, 5) is 12.0. The van der Waals surface area contributed by atoms with E-state index in [0.717, 1.165) is 25.7 Å². The Bertz CT molecular complexity index is 501. The second kappa shape index (κ2) is 6.19. The average Bonchev–Trinajstić information content (AvgIpc) is 2.46. The summed E-state index contributed by atoms with van der Waals surface area (Å²) in [5.74, 6) is -0.0145. The minimum absolute atomic E-state index is 0.0145. The molecule has 0 atom stereocenters. The minimum atomic E-state index is -0.0145. The lowest BCUT2D eigenvalue weighted by molar-refractivity contribution is 0.00862. The second-order valence-corrected chi connectivity index (χ2v) is 6.29. The van der Waals surface area contributed by atoms with E-state index in [4.69, 9.17) is 10.00 Å². The Morgan fingerprint density at radius 1 is 1.30 bits per heavy atom. The third-order valence-corrected chi connectivity index (χ3v) is 4.07. The maximum Gasteiger partial charge on any atom is 0.188 e. The molecule has 1 saturated carbocycles. The lowest BCUT2D eigenvalue weighted by Crippen LogP contribution is -2.28. The van der Waals surface area contributed by atoms with Gasteiger partial charge in [0.25, 0.3) is 0 Å². The van der Waals surface area contributed by atoms with E-state index in [1.807, 2.05) is 6.07 Å². The van der Waals surface area contributed by atoms with Gasteiger partial charge in [0.2, 0.25) is 0 Å². The highest BCUT2D eigenvalue weighted by atomic mass is 16.5. The molecular weight excluding hydrogens is 250 g/mol. The maximum absolute atomic E-state index is 12.0. The summed E-state index contributed by atoms with van der Waals surface area (Å²) in [6.45, 7) is 4.70. The SMILES string of the molecule is CC1(C)CCC(OCC(=O)c2ccc(C#N)cc2)CC1. The highest BCUT2D eigenvalue weighted by Crippen LogP contribution is 2.36. The molecule has 2 rings (SSSR count). The van der Waals surface area contributed by atoms with E-state index in [-0.39, 0.29) is 18.5 Å². The molecule has 0 radical (unpaired) electrons. The number of nitriles is 1. The molecule has 3 nitrogen and oxygen atoms in total. The van der Waals surface area contributed by atoms with Gasteiger partial charge in [-0.1, -0.05) is 26.0 Å². The predicted molar refractivity (Wildman–Crippen MR) is 77.5 cm³/mol. The lowest BCUT2D eigenvalue weighted by atomic mass is 9.76. The van der Waals surface area contributed by atoms with Crippen LogP contribution in [-0.2, 0) is 4.74 Å². The van der Waals surface area contributed by atoms with Crippen molar-refractivity contribution in [1.82, 2.24) is 0 Å². The Morgan fingerprint density at radius 3 is 2.45 bits per heavy atom. The molecule has 0 amide bonds. The zero-order valence-electron chi connectivity index (χ0n) is 12.2. The van der Waals surface area contributed by atoms with E-state index < -0.39 is 0 Å². The molecule has 106 valence electrons. The molecule has 0 unspecified atom stereocenters. The fourth-order valence-electron chi connectivity index (χ4n) is 2.55. The van der Waals surface area contributed by atoms with Gasteiger partial charge in [0, 0.05) is 5.56 Å². The number of benzene rings is 1. The number of hydrogen-bond acceptors (Lipinski definition) is 3. The van der Waals surface area contributed by atoms with Gasteiger partial charge >= 0.3 is 0 Å². The number of carbonyl (C=O) groups is 1. The van der Waals surface area contributed by atoms with Crippen LogP contribution in [0, 0.1) is 16.7 Å². The number of rotatable bonds is 4. The first-order valence-corrected chi connectivity index (χ1v) is 7.15. The van der Waals surface area contributed by atoms with Crippen LogP contribution in [0.3, 0.4) is 0 Å². The smallest absolute Gasteiger partial charge is 0.188 e. The van der Waals surface area contributed by atoms with Gasteiger partial charge in [0.15, 0.2) is 5.78 Å². The summed E-state index contributed by atoms with van der Waals surface area (Å²) in [7, 11) is 0. The van der Waals surface area contributed by atoms with Crippen molar-refractivity contribution in [3.63, 3.8) is 0 Å². The molecular formula is C17H21NO2. The van der Waals surface area contributed by atoms with Crippen LogP contribution >= 0.6 is 0 Å². The third kappa shape index (κ3) is 3.91. The number of hydrogen-bond donors (Lipinski definition) is 0. The molecule has 1 aromatic carbocycles. The fourth-order valence-corrected chi connectivity index (χ4v) is 2.55. The first kappa shape index (κ1) is 14.7. The van der Waals surface area contributed by atoms with E-state index in [2.05, 4.69) is 13.8 Å². The Hall–Kier alpha value is -1.66. The fraction of sp³-hybridized carbons (Fsp3) is 0.529. The van der Waals surface area contributed by atoms with Crippen molar-refractivity contribution in [3.8, 4) is 6.07 Å². The van der Waals surface area contributed by atoms with Crippen molar-refractivity contribution in [3.05, 3.63) is 35.4 Å². The largest absolute Gasteiger partial charge is 0.370 e. The van der Waals surface area contributed by atoms with Gasteiger partial charge < -0.3 is 4.74 Å². The molecule has 1 aromatic rings. The average molecular weight is 271 g/mol. The number of Topliss-reactive ketones (excluding diaryl/α,β-unsaturated/α-hetero) is 1. The Morgan fingerprint density at radius 2 is 1.90 bits per heavy atom. The van der Waals surface area contributed by atoms with E-state index in [1.54, 1.807) is 24.3 Å². The van der Waals surface area contributed by atoms with Crippen LogP contribution in [0.25, 0.3) is 0 Å². The molecule has 1 aliphatic rings. The number of ether oxygens (including phenoxy) is 1. The molecule has 0 saturated heterocycles. The van der Waals surface area contributed by atoms with Crippen LogP contribution in [0.4, 0.5) is 0 Å². The first-order valence-electron chi connectivity index (χ1n) is 7.15. The zero-order valence-corrected chi connectivity index (χ0v) is 12.2. The second-order valence-electron chi connectivity index (χ2n) is 6.29. The molecule has 0 aromatic heterocycles. The highest BCUT2D eigenvalue weighted by molar-refractivity contribution is 5.97.